The van der Waals surface area contributed by atoms with Gasteiger partial charge in [-0.25, -0.2) is 8.42 Å². The second-order valence-electron chi connectivity index (χ2n) is 5.29. The van der Waals surface area contributed by atoms with E-state index in [9.17, 15) is 8.42 Å². The maximum atomic E-state index is 12.0. The predicted octanol–water partition coefficient (Wildman–Crippen LogP) is 2.91. The van der Waals surface area contributed by atoms with E-state index >= 15 is 0 Å². The first-order valence-electron chi connectivity index (χ1n) is 6.89. The molecule has 0 aliphatic rings. The van der Waals surface area contributed by atoms with Crippen molar-refractivity contribution in [2.24, 2.45) is 5.73 Å². The van der Waals surface area contributed by atoms with Gasteiger partial charge in [0.15, 0.2) is 9.84 Å². The highest BCUT2D eigenvalue weighted by atomic mass is 32.2. The zero-order chi connectivity index (χ0) is 14.5. The summed E-state index contributed by atoms with van der Waals surface area (Å²) < 4.78 is 24.0. The van der Waals surface area contributed by atoms with E-state index in [1.165, 1.54) is 5.56 Å². The van der Waals surface area contributed by atoms with E-state index in [4.69, 9.17) is 5.73 Å². The van der Waals surface area contributed by atoms with E-state index in [0.29, 0.717) is 0 Å². The third-order valence-electron chi connectivity index (χ3n) is 3.32. The van der Waals surface area contributed by atoms with Crippen LogP contribution in [0.15, 0.2) is 18.2 Å². The lowest BCUT2D eigenvalue weighted by atomic mass is 10.0. The molecule has 0 aliphatic heterocycles. The lowest BCUT2D eigenvalue weighted by Crippen LogP contribution is -2.24. The smallest absolute Gasteiger partial charge is 0.152 e. The Hall–Kier alpha value is -0.870. The third kappa shape index (κ3) is 5.33. The summed E-state index contributed by atoms with van der Waals surface area (Å²) >= 11 is 0. The molecule has 0 fully saturated rings. The van der Waals surface area contributed by atoms with Gasteiger partial charge in [0, 0.05) is 6.04 Å². The topological polar surface area (TPSA) is 60.2 Å². The van der Waals surface area contributed by atoms with Crippen molar-refractivity contribution < 1.29 is 8.42 Å². The molecule has 1 aromatic carbocycles. The van der Waals surface area contributed by atoms with Crippen molar-refractivity contribution in [1.82, 2.24) is 0 Å². The first-order chi connectivity index (χ1) is 8.85. The fraction of sp³-hybridized carbons (Fsp3) is 0.600. The van der Waals surface area contributed by atoms with Gasteiger partial charge in [0.25, 0.3) is 0 Å². The number of sulfone groups is 1. The highest BCUT2D eigenvalue weighted by Crippen LogP contribution is 2.19. The van der Waals surface area contributed by atoms with Crippen LogP contribution in [0.1, 0.15) is 48.9 Å². The van der Waals surface area contributed by atoms with Crippen LogP contribution in [0.4, 0.5) is 0 Å². The molecule has 0 amide bonds. The van der Waals surface area contributed by atoms with Crippen molar-refractivity contribution in [2.45, 2.75) is 46.1 Å². The zero-order valence-electron chi connectivity index (χ0n) is 12.1. The van der Waals surface area contributed by atoms with Crippen LogP contribution in [0.3, 0.4) is 0 Å². The second kappa shape index (κ2) is 7.06. The number of hydrogen-bond acceptors (Lipinski definition) is 3. The fourth-order valence-electron chi connectivity index (χ4n) is 2.26. The molecule has 0 radical (unpaired) electrons. The lowest BCUT2D eigenvalue weighted by Gasteiger charge is -2.15. The molecule has 108 valence electrons. The van der Waals surface area contributed by atoms with Crippen LogP contribution in [0.5, 0.6) is 0 Å². The average molecular weight is 283 g/mol. The van der Waals surface area contributed by atoms with Crippen LogP contribution in [-0.2, 0) is 9.84 Å². The molecule has 2 N–H and O–H groups in total. The molecule has 0 heterocycles. The molecule has 4 heteroatoms. The molecule has 19 heavy (non-hydrogen) atoms. The third-order valence-corrected chi connectivity index (χ3v) is 5.09. The first kappa shape index (κ1) is 16.2. The van der Waals surface area contributed by atoms with Gasteiger partial charge in [0.05, 0.1) is 11.5 Å². The minimum atomic E-state index is -3.05. The number of nitrogens with two attached hydrogens (primary N) is 1. The molecule has 0 saturated heterocycles. The number of benzene rings is 1. The highest BCUT2D eigenvalue weighted by Gasteiger charge is 2.18. The Kier molecular flexibility index (Phi) is 6.01. The number of unbranched alkanes of at least 4 members (excludes halogenated alkanes) is 2. The van der Waals surface area contributed by atoms with Crippen LogP contribution in [0.2, 0.25) is 0 Å². The number of rotatable bonds is 7. The average Bonchev–Trinajstić information content (AvgIpc) is 2.28. The van der Waals surface area contributed by atoms with Gasteiger partial charge < -0.3 is 5.73 Å². The second-order valence-corrected chi connectivity index (χ2v) is 7.52. The van der Waals surface area contributed by atoms with Crippen molar-refractivity contribution >= 4 is 9.84 Å². The summed E-state index contributed by atoms with van der Waals surface area (Å²) in [6.07, 6.45) is 2.72. The molecule has 1 rings (SSSR count). The summed E-state index contributed by atoms with van der Waals surface area (Å²) in [5.74, 6) is 0.292. The van der Waals surface area contributed by atoms with Crippen LogP contribution in [-0.4, -0.2) is 19.9 Å². The molecule has 0 bridgehead atoms. The first-order valence-corrected chi connectivity index (χ1v) is 8.71. The number of aryl methyl sites for hydroxylation is 2. The van der Waals surface area contributed by atoms with Gasteiger partial charge in [-0.15, -0.1) is 0 Å². The zero-order valence-corrected chi connectivity index (χ0v) is 13.0. The van der Waals surface area contributed by atoms with E-state index in [2.05, 4.69) is 6.92 Å². The summed E-state index contributed by atoms with van der Waals surface area (Å²) in [6, 6.07) is 5.54. The standard InChI is InChI=1S/C15H25NO2S/c1-4-5-6-9-19(17,18)11-15(16)14-8-7-12(2)10-13(14)3/h7-8,10,15H,4-6,9,11,16H2,1-3H3. The molecule has 0 aliphatic carbocycles. The maximum absolute atomic E-state index is 12.0. The van der Waals surface area contributed by atoms with Gasteiger partial charge in [-0.3, -0.25) is 0 Å². The minimum absolute atomic E-state index is 0.0423. The maximum Gasteiger partial charge on any atom is 0.152 e. The van der Waals surface area contributed by atoms with Gasteiger partial charge in [0.1, 0.15) is 0 Å². The van der Waals surface area contributed by atoms with E-state index in [1.807, 2.05) is 32.0 Å². The van der Waals surface area contributed by atoms with Gasteiger partial charge in [0.2, 0.25) is 0 Å². The van der Waals surface area contributed by atoms with E-state index < -0.39 is 15.9 Å². The molecule has 1 atom stereocenters. The lowest BCUT2D eigenvalue weighted by molar-refractivity contribution is 0.583. The van der Waals surface area contributed by atoms with Crippen LogP contribution in [0, 0.1) is 13.8 Å². The van der Waals surface area contributed by atoms with Gasteiger partial charge in [-0.05, 0) is 31.4 Å². The Balaban J connectivity index is 2.70. The molecular formula is C15H25NO2S. The summed E-state index contributed by atoms with van der Waals surface area (Å²) in [5, 5.41) is 0. The van der Waals surface area contributed by atoms with E-state index in [1.54, 1.807) is 0 Å². The summed E-state index contributed by atoms with van der Waals surface area (Å²) in [7, 11) is -3.05. The Morgan fingerprint density at radius 2 is 1.89 bits per heavy atom. The van der Waals surface area contributed by atoms with E-state index in [0.717, 1.165) is 30.4 Å². The van der Waals surface area contributed by atoms with Gasteiger partial charge in [-0.2, -0.15) is 0 Å². The Labute approximate surface area is 117 Å². The van der Waals surface area contributed by atoms with Gasteiger partial charge in [-0.1, -0.05) is 43.5 Å². The molecule has 0 aromatic heterocycles. The van der Waals surface area contributed by atoms with Gasteiger partial charge >= 0.3 is 0 Å². The molecule has 0 spiro atoms. The molecule has 0 saturated carbocycles. The van der Waals surface area contributed by atoms with E-state index in [-0.39, 0.29) is 11.5 Å². The van der Waals surface area contributed by atoms with Crippen molar-refractivity contribution in [3.05, 3.63) is 34.9 Å². The number of hydrogen-bond donors (Lipinski definition) is 1. The van der Waals surface area contributed by atoms with Crippen molar-refractivity contribution in [2.75, 3.05) is 11.5 Å². The minimum Gasteiger partial charge on any atom is -0.323 e. The molecule has 3 nitrogen and oxygen atoms in total. The molecular weight excluding hydrogens is 258 g/mol. The molecule has 1 aromatic rings. The fourth-order valence-corrected chi connectivity index (χ4v) is 3.80. The Bertz CT molecular complexity index is 509. The van der Waals surface area contributed by atoms with Crippen LogP contribution < -0.4 is 5.73 Å². The van der Waals surface area contributed by atoms with Crippen molar-refractivity contribution in [1.29, 1.82) is 0 Å². The Morgan fingerprint density at radius 1 is 1.21 bits per heavy atom. The summed E-state index contributed by atoms with van der Waals surface area (Å²) in [5.41, 5.74) is 9.22. The molecule has 1 unspecified atom stereocenters. The quantitative estimate of drug-likeness (QED) is 0.783. The summed E-state index contributed by atoms with van der Waals surface area (Å²) in [6.45, 7) is 6.06. The summed E-state index contributed by atoms with van der Waals surface area (Å²) in [4.78, 5) is 0. The van der Waals surface area contributed by atoms with Crippen LogP contribution >= 0.6 is 0 Å². The van der Waals surface area contributed by atoms with Crippen molar-refractivity contribution in [3.8, 4) is 0 Å². The Morgan fingerprint density at radius 3 is 2.47 bits per heavy atom. The van der Waals surface area contributed by atoms with Crippen molar-refractivity contribution in [3.63, 3.8) is 0 Å². The largest absolute Gasteiger partial charge is 0.323 e. The van der Waals surface area contributed by atoms with Crippen LogP contribution in [0.25, 0.3) is 0 Å². The normalized spacial score (nSPS) is 13.5. The monoisotopic (exact) mass is 283 g/mol. The predicted molar refractivity (Wildman–Crippen MR) is 81.0 cm³/mol. The SMILES string of the molecule is CCCCCS(=O)(=O)CC(N)c1ccc(C)cc1C. The highest BCUT2D eigenvalue weighted by molar-refractivity contribution is 7.91.